The van der Waals surface area contributed by atoms with Crippen LogP contribution in [0.2, 0.25) is 0 Å². The summed E-state index contributed by atoms with van der Waals surface area (Å²) >= 11 is 0. The maximum atomic E-state index is 13.0. The number of alkyl halides is 2. The normalized spacial score (nSPS) is 12.2. The third-order valence-corrected chi connectivity index (χ3v) is 2.06. The summed E-state index contributed by atoms with van der Waals surface area (Å²) < 4.78 is 26.0. The second kappa shape index (κ2) is 2.55. The number of rotatable bonds is 1. The number of nitrogens with one attached hydrogen (secondary N) is 1. The van der Waals surface area contributed by atoms with E-state index in [0.29, 0.717) is 5.39 Å². The second-order valence-electron chi connectivity index (χ2n) is 3.14. The molecule has 0 saturated carbocycles. The number of H-pyrrole nitrogens is 1. The van der Waals surface area contributed by atoms with Crippen molar-refractivity contribution >= 4 is 10.9 Å². The van der Waals surface area contributed by atoms with Gasteiger partial charge in [0.2, 0.25) is 0 Å². The van der Waals surface area contributed by atoms with E-state index in [4.69, 9.17) is 0 Å². The van der Waals surface area contributed by atoms with Gasteiger partial charge in [-0.2, -0.15) is 0 Å². The Morgan fingerprint density at radius 3 is 2.62 bits per heavy atom. The first-order valence-electron chi connectivity index (χ1n) is 4.03. The predicted octanol–water partition coefficient (Wildman–Crippen LogP) is 3.28. The maximum Gasteiger partial charge on any atom is 0.272 e. The lowest BCUT2D eigenvalue weighted by molar-refractivity contribution is 0.0191. The molecule has 2 aromatic rings. The Morgan fingerprint density at radius 1 is 1.23 bits per heavy atom. The summed E-state index contributed by atoms with van der Waals surface area (Å²) in [5.74, 6) is -2.78. The van der Waals surface area contributed by atoms with Crippen LogP contribution in [-0.2, 0) is 5.92 Å². The highest BCUT2D eigenvalue weighted by atomic mass is 19.3. The zero-order chi connectivity index (χ0) is 9.47. The molecule has 1 N–H and O–H groups in total. The maximum absolute atomic E-state index is 13.0. The molecular weight excluding hydrogens is 172 g/mol. The van der Waals surface area contributed by atoms with Crippen molar-refractivity contribution in [2.45, 2.75) is 12.8 Å². The number of halogens is 2. The minimum atomic E-state index is -2.78. The third-order valence-electron chi connectivity index (χ3n) is 2.06. The fourth-order valence-corrected chi connectivity index (χ4v) is 1.43. The van der Waals surface area contributed by atoms with Crippen molar-refractivity contribution in [2.75, 3.05) is 0 Å². The smallest absolute Gasteiger partial charge is 0.272 e. The van der Waals surface area contributed by atoms with Crippen molar-refractivity contribution in [3.8, 4) is 0 Å². The molecule has 0 aliphatic carbocycles. The van der Waals surface area contributed by atoms with E-state index in [2.05, 4.69) is 4.98 Å². The van der Waals surface area contributed by atoms with Gasteiger partial charge in [0.1, 0.15) is 0 Å². The van der Waals surface area contributed by atoms with E-state index in [0.717, 1.165) is 12.4 Å². The van der Waals surface area contributed by atoms with Crippen LogP contribution in [0.5, 0.6) is 0 Å². The molecular formula is C10H9F2N. The molecule has 1 heterocycles. The SMILES string of the molecule is CC(F)(F)c1c[nH]c2ccccc12. The van der Waals surface area contributed by atoms with E-state index in [1.165, 1.54) is 6.20 Å². The van der Waals surface area contributed by atoms with Gasteiger partial charge >= 0.3 is 0 Å². The molecule has 0 unspecified atom stereocenters. The molecule has 13 heavy (non-hydrogen) atoms. The van der Waals surface area contributed by atoms with Crippen LogP contribution in [0.4, 0.5) is 8.78 Å². The van der Waals surface area contributed by atoms with Crippen molar-refractivity contribution in [1.29, 1.82) is 0 Å². The molecule has 0 atom stereocenters. The molecule has 0 aliphatic heterocycles. The number of aromatic amines is 1. The first kappa shape index (κ1) is 8.23. The van der Waals surface area contributed by atoms with Crippen LogP contribution >= 0.6 is 0 Å². The number of hydrogen-bond donors (Lipinski definition) is 1. The van der Waals surface area contributed by atoms with Gasteiger partial charge in [0, 0.05) is 29.6 Å². The molecule has 0 fully saturated rings. The fraction of sp³-hybridized carbons (Fsp3) is 0.200. The van der Waals surface area contributed by atoms with Crippen molar-refractivity contribution in [2.24, 2.45) is 0 Å². The Morgan fingerprint density at radius 2 is 1.92 bits per heavy atom. The standard InChI is InChI=1S/C10H9F2N/c1-10(11,12)8-6-13-9-5-3-2-4-7(8)9/h2-6,13H,1H3. The summed E-state index contributed by atoms with van der Waals surface area (Å²) in [6.07, 6.45) is 1.37. The highest BCUT2D eigenvalue weighted by Crippen LogP contribution is 2.32. The lowest BCUT2D eigenvalue weighted by Crippen LogP contribution is -2.05. The van der Waals surface area contributed by atoms with Crippen molar-refractivity contribution < 1.29 is 8.78 Å². The van der Waals surface area contributed by atoms with E-state index in [9.17, 15) is 8.78 Å². The summed E-state index contributed by atoms with van der Waals surface area (Å²) in [6, 6.07) is 7.05. The van der Waals surface area contributed by atoms with E-state index >= 15 is 0 Å². The van der Waals surface area contributed by atoms with E-state index in [1.807, 2.05) is 6.07 Å². The molecule has 0 bridgehead atoms. The van der Waals surface area contributed by atoms with Crippen molar-refractivity contribution in [1.82, 2.24) is 4.98 Å². The number of hydrogen-bond acceptors (Lipinski definition) is 0. The van der Waals surface area contributed by atoms with Gasteiger partial charge < -0.3 is 4.98 Å². The first-order chi connectivity index (χ1) is 6.09. The molecule has 1 aromatic carbocycles. The quantitative estimate of drug-likeness (QED) is 0.694. The molecule has 0 saturated heterocycles. The average Bonchev–Trinajstić information content (AvgIpc) is 2.45. The highest BCUT2D eigenvalue weighted by Gasteiger charge is 2.27. The molecule has 2 rings (SSSR count). The Balaban J connectivity index is 2.72. The molecule has 0 amide bonds. The van der Waals surface area contributed by atoms with Crippen LogP contribution in [0.3, 0.4) is 0 Å². The Hall–Kier alpha value is -1.38. The van der Waals surface area contributed by atoms with Crippen LogP contribution in [-0.4, -0.2) is 4.98 Å². The Labute approximate surface area is 74.4 Å². The largest absolute Gasteiger partial charge is 0.361 e. The minimum absolute atomic E-state index is 0.0584. The van der Waals surface area contributed by atoms with E-state index in [1.54, 1.807) is 18.2 Å². The van der Waals surface area contributed by atoms with Gasteiger partial charge in [-0.05, 0) is 6.07 Å². The van der Waals surface area contributed by atoms with E-state index < -0.39 is 5.92 Å². The van der Waals surface area contributed by atoms with Gasteiger partial charge in [-0.1, -0.05) is 18.2 Å². The average molecular weight is 181 g/mol. The zero-order valence-corrected chi connectivity index (χ0v) is 7.14. The van der Waals surface area contributed by atoms with Crippen LogP contribution in [0.1, 0.15) is 12.5 Å². The summed E-state index contributed by atoms with van der Waals surface area (Å²) in [7, 11) is 0. The number of benzene rings is 1. The molecule has 0 spiro atoms. The summed E-state index contributed by atoms with van der Waals surface area (Å²) in [5, 5.41) is 0.593. The lowest BCUT2D eigenvalue weighted by atomic mass is 10.1. The Bertz CT molecular complexity index is 426. The van der Waals surface area contributed by atoms with Crippen LogP contribution < -0.4 is 0 Å². The summed E-state index contributed by atoms with van der Waals surface area (Å²) in [5.41, 5.74) is 0.808. The minimum Gasteiger partial charge on any atom is -0.361 e. The van der Waals surface area contributed by atoms with Gasteiger partial charge in [-0.15, -0.1) is 0 Å². The molecule has 3 heteroatoms. The summed E-state index contributed by atoms with van der Waals surface area (Å²) in [6.45, 7) is 0.905. The van der Waals surface area contributed by atoms with Crippen LogP contribution in [0.15, 0.2) is 30.5 Å². The van der Waals surface area contributed by atoms with Gasteiger partial charge in [0.25, 0.3) is 5.92 Å². The molecule has 1 aromatic heterocycles. The molecule has 1 nitrogen and oxygen atoms in total. The van der Waals surface area contributed by atoms with Crippen LogP contribution in [0, 0.1) is 0 Å². The highest BCUT2D eigenvalue weighted by molar-refractivity contribution is 5.83. The monoisotopic (exact) mass is 181 g/mol. The first-order valence-corrected chi connectivity index (χ1v) is 4.03. The van der Waals surface area contributed by atoms with E-state index in [-0.39, 0.29) is 5.56 Å². The molecule has 68 valence electrons. The number of fused-ring (bicyclic) bond motifs is 1. The van der Waals surface area contributed by atoms with Gasteiger partial charge in [0.15, 0.2) is 0 Å². The Kier molecular flexibility index (Phi) is 1.62. The predicted molar refractivity (Wildman–Crippen MR) is 47.9 cm³/mol. The van der Waals surface area contributed by atoms with Crippen molar-refractivity contribution in [3.63, 3.8) is 0 Å². The second-order valence-corrected chi connectivity index (χ2v) is 3.14. The zero-order valence-electron chi connectivity index (χ0n) is 7.14. The lowest BCUT2D eigenvalue weighted by Gasteiger charge is -2.07. The topological polar surface area (TPSA) is 15.8 Å². The third kappa shape index (κ3) is 1.30. The molecule has 0 radical (unpaired) electrons. The van der Waals surface area contributed by atoms with Crippen LogP contribution in [0.25, 0.3) is 10.9 Å². The number of para-hydroxylation sites is 1. The fourth-order valence-electron chi connectivity index (χ4n) is 1.43. The summed E-state index contributed by atoms with van der Waals surface area (Å²) in [4.78, 5) is 2.81. The van der Waals surface area contributed by atoms with Gasteiger partial charge in [-0.3, -0.25) is 0 Å². The van der Waals surface area contributed by atoms with Gasteiger partial charge in [0.05, 0.1) is 0 Å². The molecule has 0 aliphatic rings. The van der Waals surface area contributed by atoms with Gasteiger partial charge in [-0.25, -0.2) is 8.78 Å². The van der Waals surface area contributed by atoms with Crippen molar-refractivity contribution in [3.05, 3.63) is 36.0 Å². The number of aromatic nitrogens is 1.